The molecule has 39 heavy (non-hydrogen) atoms. The molecule has 1 fully saturated rings. The molecular weight excluding hydrogens is 507 g/mol. The SMILES string of the molecule is O=C(NC1CCN(CCCCC2(C(=O)NCC(F)(F)F)c3ccccc3-c3ccccc32)CC1)c1cn[nH]c1. The fraction of sp³-hybridized carbons (Fsp3) is 0.414. The van der Waals surface area contributed by atoms with Crippen LogP contribution in [0.2, 0.25) is 0 Å². The second-order valence-corrected chi connectivity index (χ2v) is 10.3. The number of H-pyrrole nitrogens is 1. The van der Waals surface area contributed by atoms with Gasteiger partial charge in [0.05, 0.1) is 11.8 Å². The Hall–Kier alpha value is -3.66. The van der Waals surface area contributed by atoms with E-state index in [9.17, 15) is 22.8 Å². The van der Waals surface area contributed by atoms with Gasteiger partial charge in [-0.3, -0.25) is 14.7 Å². The molecule has 0 bridgehead atoms. The Labute approximate surface area is 225 Å². The summed E-state index contributed by atoms with van der Waals surface area (Å²) >= 11 is 0. The predicted octanol–water partition coefficient (Wildman–Crippen LogP) is 4.42. The number of hydrogen-bond donors (Lipinski definition) is 3. The minimum Gasteiger partial charge on any atom is -0.349 e. The largest absolute Gasteiger partial charge is 0.405 e. The maximum absolute atomic E-state index is 13.6. The second-order valence-electron chi connectivity index (χ2n) is 10.3. The van der Waals surface area contributed by atoms with Crippen molar-refractivity contribution in [1.82, 2.24) is 25.7 Å². The number of nitrogens with zero attached hydrogens (tertiary/aromatic N) is 2. The highest BCUT2D eigenvalue weighted by Crippen LogP contribution is 2.51. The number of carbonyl (C=O) groups excluding carboxylic acids is 2. The summed E-state index contributed by atoms with van der Waals surface area (Å²) in [5, 5.41) is 11.7. The molecule has 7 nitrogen and oxygen atoms in total. The van der Waals surface area contributed by atoms with Crippen LogP contribution < -0.4 is 10.6 Å². The molecule has 5 rings (SSSR count). The van der Waals surface area contributed by atoms with Gasteiger partial charge in [-0.1, -0.05) is 55.0 Å². The van der Waals surface area contributed by atoms with Gasteiger partial charge in [-0.15, -0.1) is 0 Å². The Morgan fingerprint density at radius 2 is 1.64 bits per heavy atom. The highest BCUT2D eigenvalue weighted by molar-refractivity contribution is 6.00. The number of hydrogen-bond acceptors (Lipinski definition) is 4. The predicted molar refractivity (Wildman–Crippen MR) is 141 cm³/mol. The maximum atomic E-state index is 13.6. The van der Waals surface area contributed by atoms with Crippen molar-refractivity contribution in [2.45, 2.75) is 49.7 Å². The molecule has 1 saturated heterocycles. The number of nitrogens with one attached hydrogen (secondary N) is 3. The first-order valence-electron chi connectivity index (χ1n) is 13.3. The summed E-state index contributed by atoms with van der Waals surface area (Å²) in [6, 6.07) is 15.2. The summed E-state index contributed by atoms with van der Waals surface area (Å²) in [6.07, 6.45) is 2.18. The molecule has 2 aromatic carbocycles. The van der Waals surface area contributed by atoms with Gasteiger partial charge in [0, 0.05) is 25.3 Å². The number of fused-ring (bicyclic) bond motifs is 3. The van der Waals surface area contributed by atoms with Crippen LogP contribution in [0.25, 0.3) is 11.1 Å². The molecule has 0 radical (unpaired) electrons. The van der Waals surface area contributed by atoms with E-state index in [4.69, 9.17) is 0 Å². The number of aromatic nitrogens is 2. The molecule has 3 aromatic rings. The van der Waals surface area contributed by atoms with Crippen molar-refractivity contribution >= 4 is 11.8 Å². The van der Waals surface area contributed by atoms with Crippen molar-refractivity contribution < 1.29 is 22.8 Å². The quantitative estimate of drug-likeness (QED) is 0.351. The van der Waals surface area contributed by atoms with Crippen LogP contribution in [0.15, 0.2) is 60.9 Å². The monoisotopic (exact) mass is 539 g/mol. The normalized spacial score (nSPS) is 16.9. The van der Waals surface area contributed by atoms with Crippen molar-refractivity contribution in [3.8, 4) is 11.1 Å². The number of likely N-dealkylation sites (tertiary alicyclic amines) is 1. The lowest BCUT2D eigenvalue weighted by Crippen LogP contribution is -2.47. The molecule has 2 amide bonds. The summed E-state index contributed by atoms with van der Waals surface area (Å²) in [6.45, 7) is 1.16. The van der Waals surface area contributed by atoms with E-state index in [0.717, 1.165) is 61.2 Å². The highest BCUT2D eigenvalue weighted by Gasteiger charge is 2.49. The molecular formula is C29H32F3N5O2. The third kappa shape index (κ3) is 5.71. The molecule has 1 aliphatic carbocycles. The number of amides is 2. The van der Waals surface area contributed by atoms with E-state index in [1.54, 1.807) is 6.20 Å². The summed E-state index contributed by atoms with van der Waals surface area (Å²) in [5.74, 6) is -0.736. The van der Waals surface area contributed by atoms with E-state index in [1.807, 2.05) is 48.5 Å². The Morgan fingerprint density at radius 3 is 2.23 bits per heavy atom. The van der Waals surface area contributed by atoms with Crippen molar-refractivity contribution in [3.63, 3.8) is 0 Å². The number of unbranched alkanes of at least 4 members (excludes halogenated alkanes) is 1. The first-order chi connectivity index (χ1) is 18.8. The number of alkyl halides is 3. The minimum absolute atomic E-state index is 0.107. The highest BCUT2D eigenvalue weighted by atomic mass is 19.4. The van der Waals surface area contributed by atoms with Crippen LogP contribution >= 0.6 is 0 Å². The standard InChI is InChI=1S/C29H32F3N5O2/c30-29(31,32)19-33-27(39)28(24-9-3-1-7-22(24)23-8-2-4-10-25(23)28)13-5-6-14-37-15-11-21(12-16-37)36-26(38)20-17-34-35-18-20/h1-4,7-10,17-18,21H,5-6,11-16,19H2,(H,33,39)(H,34,35)(H,36,38). The molecule has 2 aliphatic rings. The van der Waals surface area contributed by atoms with Crippen molar-refractivity contribution in [2.24, 2.45) is 0 Å². The zero-order chi connectivity index (χ0) is 27.5. The average Bonchev–Trinajstić information content (AvgIpc) is 3.57. The number of piperidine rings is 1. The third-order valence-electron chi connectivity index (χ3n) is 7.86. The van der Waals surface area contributed by atoms with E-state index in [1.165, 1.54) is 6.20 Å². The molecule has 0 atom stereocenters. The molecule has 0 saturated carbocycles. The number of rotatable bonds is 9. The van der Waals surface area contributed by atoms with E-state index < -0.39 is 24.0 Å². The van der Waals surface area contributed by atoms with Crippen molar-refractivity contribution in [1.29, 1.82) is 0 Å². The molecule has 1 aliphatic heterocycles. The number of halogens is 3. The Morgan fingerprint density at radius 1 is 1.00 bits per heavy atom. The van der Waals surface area contributed by atoms with Crippen LogP contribution in [-0.4, -0.2) is 65.3 Å². The van der Waals surface area contributed by atoms with Crippen molar-refractivity contribution in [3.05, 3.63) is 77.6 Å². The van der Waals surface area contributed by atoms with Crippen molar-refractivity contribution in [2.75, 3.05) is 26.2 Å². The van der Waals surface area contributed by atoms with Gasteiger partial charge >= 0.3 is 6.18 Å². The summed E-state index contributed by atoms with van der Waals surface area (Å²) in [4.78, 5) is 28.2. The maximum Gasteiger partial charge on any atom is 0.405 e. The second kappa shape index (κ2) is 11.2. The average molecular weight is 540 g/mol. The molecule has 10 heteroatoms. The molecule has 0 unspecified atom stereocenters. The van der Waals surface area contributed by atoms with E-state index >= 15 is 0 Å². The van der Waals surface area contributed by atoms with Gasteiger partial charge in [0.15, 0.2) is 0 Å². The Bertz CT molecular complexity index is 1250. The smallest absolute Gasteiger partial charge is 0.349 e. The Balaban J connectivity index is 1.22. The lowest BCUT2D eigenvalue weighted by Gasteiger charge is -2.33. The van der Waals surface area contributed by atoms with Gasteiger partial charge in [-0.25, -0.2) is 0 Å². The topological polar surface area (TPSA) is 90.1 Å². The first kappa shape index (κ1) is 26.9. The summed E-state index contributed by atoms with van der Waals surface area (Å²) in [7, 11) is 0. The van der Waals surface area contributed by atoms with E-state index in [2.05, 4.69) is 25.7 Å². The van der Waals surface area contributed by atoms with Crippen LogP contribution in [0, 0.1) is 0 Å². The summed E-state index contributed by atoms with van der Waals surface area (Å²) < 4.78 is 39.2. The van der Waals surface area contributed by atoms with Crippen LogP contribution in [0.3, 0.4) is 0 Å². The van der Waals surface area contributed by atoms with Crippen LogP contribution in [0.1, 0.15) is 53.6 Å². The molecule has 3 N–H and O–H groups in total. The Kier molecular flexibility index (Phi) is 7.74. The van der Waals surface area contributed by atoms with Crippen LogP contribution in [0.5, 0.6) is 0 Å². The fourth-order valence-electron chi connectivity index (χ4n) is 5.95. The minimum atomic E-state index is -4.49. The zero-order valence-corrected chi connectivity index (χ0v) is 21.6. The van der Waals surface area contributed by atoms with Crippen LogP contribution in [0.4, 0.5) is 13.2 Å². The molecule has 1 aromatic heterocycles. The zero-order valence-electron chi connectivity index (χ0n) is 21.6. The fourth-order valence-corrected chi connectivity index (χ4v) is 5.95. The number of aromatic amines is 1. The van der Waals surface area contributed by atoms with Gasteiger partial charge in [0.25, 0.3) is 5.91 Å². The summed E-state index contributed by atoms with van der Waals surface area (Å²) in [5.41, 5.74) is 2.67. The van der Waals surface area contributed by atoms with Gasteiger partial charge < -0.3 is 15.5 Å². The lowest BCUT2D eigenvalue weighted by atomic mass is 9.73. The van der Waals surface area contributed by atoms with Gasteiger partial charge in [-0.2, -0.15) is 18.3 Å². The molecule has 0 spiro atoms. The molecule has 2 heterocycles. The first-order valence-corrected chi connectivity index (χ1v) is 13.3. The van der Waals surface area contributed by atoms with Crippen LogP contribution in [-0.2, 0) is 10.2 Å². The van der Waals surface area contributed by atoms with Gasteiger partial charge in [0.1, 0.15) is 12.0 Å². The van der Waals surface area contributed by atoms with E-state index in [-0.39, 0.29) is 11.9 Å². The number of carbonyl (C=O) groups is 2. The van der Waals surface area contributed by atoms with Gasteiger partial charge in [-0.05, 0) is 54.5 Å². The van der Waals surface area contributed by atoms with Gasteiger partial charge in [0.2, 0.25) is 5.91 Å². The lowest BCUT2D eigenvalue weighted by molar-refractivity contribution is -0.141. The third-order valence-corrected chi connectivity index (χ3v) is 7.86. The molecule has 206 valence electrons. The van der Waals surface area contributed by atoms with E-state index in [0.29, 0.717) is 18.4 Å². The number of benzene rings is 2.